The van der Waals surface area contributed by atoms with E-state index in [1.807, 2.05) is 0 Å². The van der Waals surface area contributed by atoms with Gasteiger partial charge in [0.1, 0.15) is 6.10 Å². The van der Waals surface area contributed by atoms with Gasteiger partial charge in [0.25, 0.3) is 0 Å². The first-order valence-electron chi connectivity index (χ1n) is 10.7. The number of benzene rings is 2. The molecule has 27 heavy (non-hydrogen) atoms. The molecule has 2 aromatic carbocycles. The predicted molar refractivity (Wildman–Crippen MR) is 113 cm³/mol. The Morgan fingerprint density at radius 3 is 2.00 bits per heavy atom. The van der Waals surface area contributed by atoms with Crippen molar-refractivity contribution in [2.24, 2.45) is 0 Å². The van der Waals surface area contributed by atoms with E-state index in [-0.39, 0.29) is 12.2 Å². The van der Waals surface area contributed by atoms with Crippen LogP contribution >= 0.6 is 0 Å². The van der Waals surface area contributed by atoms with E-state index in [4.69, 9.17) is 9.47 Å². The van der Waals surface area contributed by atoms with Crippen molar-refractivity contribution in [3.8, 4) is 11.1 Å². The first-order valence-corrected chi connectivity index (χ1v) is 10.7. The molecule has 0 bridgehead atoms. The van der Waals surface area contributed by atoms with Gasteiger partial charge in [-0.25, -0.2) is 0 Å². The van der Waals surface area contributed by atoms with Crippen LogP contribution in [0.15, 0.2) is 48.5 Å². The molecule has 0 amide bonds. The highest BCUT2D eigenvalue weighted by molar-refractivity contribution is 5.64. The van der Waals surface area contributed by atoms with E-state index >= 15 is 0 Å². The zero-order chi connectivity index (χ0) is 18.9. The van der Waals surface area contributed by atoms with Crippen LogP contribution in [-0.4, -0.2) is 19.3 Å². The van der Waals surface area contributed by atoms with Crippen LogP contribution in [0.2, 0.25) is 0 Å². The number of rotatable bonds is 9. The van der Waals surface area contributed by atoms with Gasteiger partial charge < -0.3 is 9.47 Å². The van der Waals surface area contributed by atoms with E-state index in [1.165, 1.54) is 60.8 Å². The number of hydrogen-bond donors (Lipinski definition) is 0. The zero-order valence-electron chi connectivity index (χ0n) is 17.0. The molecule has 1 saturated heterocycles. The van der Waals surface area contributed by atoms with Gasteiger partial charge in [0, 0.05) is 0 Å². The maximum atomic E-state index is 5.97. The highest BCUT2D eigenvalue weighted by atomic mass is 16.6. The third-order valence-electron chi connectivity index (χ3n) is 5.56. The molecule has 146 valence electrons. The molecule has 0 spiro atoms. The van der Waals surface area contributed by atoms with Gasteiger partial charge in [-0.15, -0.1) is 0 Å². The summed E-state index contributed by atoms with van der Waals surface area (Å²) in [6.07, 6.45) is 9.23. The van der Waals surface area contributed by atoms with Crippen molar-refractivity contribution in [1.29, 1.82) is 0 Å². The average Bonchev–Trinajstić information content (AvgIpc) is 2.74. The van der Waals surface area contributed by atoms with E-state index in [2.05, 4.69) is 62.4 Å². The Labute approximate surface area is 164 Å². The average molecular weight is 367 g/mol. The van der Waals surface area contributed by atoms with Gasteiger partial charge in [-0.1, -0.05) is 88.1 Å². The predicted octanol–water partition coefficient (Wildman–Crippen LogP) is 6.73. The SMILES string of the molecule is CCCCCCCc1ccc(-c2ccc([C@H]3CO[C@H](CC)CO3)cc2)cc1. The summed E-state index contributed by atoms with van der Waals surface area (Å²) in [5.74, 6) is 0. The smallest absolute Gasteiger partial charge is 0.106 e. The van der Waals surface area contributed by atoms with Gasteiger partial charge in [-0.3, -0.25) is 0 Å². The Morgan fingerprint density at radius 2 is 1.41 bits per heavy atom. The van der Waals surface area contributed by atoms with Crippen LogP contribution in [0.5, 0.6) is 0 Å². The van der Waals surface area contributed by atoms with E-state index in [0.717, 1.165) is 6.42 Å². The second-order valence-electron chi connectivity index (χ2n) is 7.67. The molecule has 2 nitrogen and oxygen atoms in total. The Hall–Kier alpha value is -1.64. The molecule has 1 aliphatic heterocycles. The van der Waals surface area contributed by atoms with Crippen LogP contribution in [0.3, 0.4) is 0 Å². The van der Waals surface area contributed by atoms with E-state index in [9.17, 15) is 0 Å². The lowest BCUT2D eigenvalue weighted by Crippen LogP contribution is -2.30. The molecule has 2 aromatic rings. The summed E-state index contributed by atoms with van der Waals surface area (Å²) in [4.78, 5) is 0. The van der Waals surface area contributed by atoms with Crippen molar-refractivity contribution >= 4 is 0 Å². The molecule has 2 heteroatoms. The molecule has 2 atom stereocenters. The first kappa shape index (κ1) is 20.1. The molecular weight excluding hydrogens is 332 g/mol. The summed E-state index contributed by atoms with van der Waals surface area (Å²) < 4.78 is 11.8. The maximum Gasteiger partial charge on any atom is 0.106 e. The van der Waals surface area contributed by atoms with Crippen LogP contribution in [-0.2, 0) is 15.9 Å². The fraction of sp³-hybridized carbons (Fsp3) is 0.520. The second kappa shape index (κ2) is 10.6. The summed E-state index contributed by atoms with van der Waals surface area (Å²) in [5.41, 5.74) is 5.20. The maximum absolute atomic E-state index is 5.97. The summed E-state index contributed by atoms with van der Waals surface area (Å²) in [6, 6.07) is 17.8. The highest BCUT2D eigenvalue weighted by Crippen LogP contribution is 2.27. The van der Waals surface area contributed by atoms with Gasteiger partial charge in [0.05, 0.1) is 19.3 Å². The lowest BCUT2D eigenvalue weighted by molar-refractivity contribution is -0.135. The highest BCUT2D eigenvalue weighted by Gasteiger charge is 2.22. The topological polar surface area (TPSA) is 18.5 Å². The molecule has 1 heterocycles. The second-order valence-corrected chi connectivity index (χ2v) is 7.67. The van der Waals surface area contributed by atoms with Crippen LogP contribution in [0, 0.1) is 0 Å². The summed E-state index contributed by atoms with van der Waals surface area (Å²) in [7, 11) is 0. The molecule has 1 fully saturated rings. The Kier molecular flexibility index (Phi) is 7.92. The van der Waals surface area contributed by atoms with Gasteiger partial charge in [0.2, 0.25) is 0 Å². The third-order valence-corrected chi connectivity index (χ3v) is 5.56. The lowest BCUT2D eigenvalue weighted by Gasteiger charge is -2.29. The molecule has 0 N–H and O–H groups in total. The van der Waals surface area contributed by atoms with Gasteiger partial charge in [-0.2, -0.15) is 0 Å². The zero-order valence-corrected chi connectivity index (χ0v) is 17.0. The molecule has 0 aliphatic carbocycles. The van der Waals surface area contributed by atoms with Crippen LogP contribution in [0.1, 0.15) is 69.6 Å². The lowest BCUT2D eigenvalue weighted by atomic mass is 9.99. The van der Waals surface area contributed by atoms with Crippen LogP contribution in [0.25, 0.3) is 11.1 Å². The number of unbranched alkanes of at least 4 members (excludes halogenated alkanes) is 4. The van der Waals surface area contributed by atoms with Crippen molar-refractivity contribution in [3.63, 3.8) is 0 Å². The minimum atomic E-state index is 0.0666. The van der Waals surface area contributed by atoms with Crippen molar-refractivity contribution in [1.82, 2.24) is 0 Å². The molecule has 0 saturated carbocycles. The number of aryl methyl sites for hydroxylation is 1. The summed E-state index contributed by atoms with van der Waals surface area (Å²) >= 11 is 0. The molecule has 0 unspecified atom stereocenters. The van der Waals surface area contributed by atoms with Crippen molar-refractivity contribution < 1.29 is 9.47 Å². The van der Waals surface area contributed by atoms with E-state index in [1.54, 1.807) is 0 Å². The molecule has 0 aromatic heterocycles. The quantitative estimate of drug-likeness (QED) is 0.458. The number of hydrogen-bond acceptors (Lipinski definition) is 2. The number of ether oxygens (including phenoxy) is 2. The third kappa shape index (κ3) is 5.92. The van der Waals surface area contributed by atoms with Crippen molar-refractivity contribution in [2.45, 2.75) is 71.0 Å². The van der Waals surface area contributed by atoms with Crippen molar-refractivity contribution in [2.75, 3.05) is 13.2 Å². The first-order chi connectivity index (χ1) is 13.3. The van der Waals surface area contributed by atoms with Gasteiger partial charge >= 0.3 is 0 Å². The summed E-state index contributed by atoms with van der Waals surface area (Å²) in [6.45, 7) is 5.76. The molecule has 3 rings (SSSR count). The Bertz CT molecular complexity index is 652. The minimum absolute atomic E-state index is 0.0666. The van der Waals surface area contributed by atoms with Gasteiger partial charge in [0.15, 0.2) is 0 Å². The Morgan fingerprint density at radius 1 is 0.741 bits per heavy atom. The molecular formula is C25H34O2. The van der Waals surface area contributed by atoms with Crippen molar-refractivity contribution in [3.05, 3.63) is 59.7 Å². The van der Waals surface area contributed by atoms with Gasteiger partial charge in [-0.05, 0) is 41.5 Å². The van der Waals surface area contributed by atoms with E-state index in [0.29, 0.717) is 13.2 Å². The van der Waals surface area contributed by atoms with E-state index < -0.39 is 0 Å². The van der Waals surface area contributed by atoms with Crippen LogP contribution < -0.4 is 0 Å². The standard InChI is InChI=1S/C25H34O2/c1-3-5-6-7-8-9-20-10-12-21(13-11-20)22-14-16-23(17-15-22)25-19-26-24(4-2)18-27-25/h10-17,24-25H,3-9,18-19H2,1-2H3/t24-,25-/m1/s1. The Balaban J connectivity index is 1.52. The molecule has 0 radical (unpaired) electrons. The monoisotopic (exact) mass is 366 g/mol. The summed E-state index contributed by atoms with van der Waals surface area (Å²) in [5, 5.41) is 0. The molecule has 1 aliphatic rings. The fourth-order valence-corrected chi connectivity index (χ4v) is 3.66. The minimum Gasteiger partial charge on any atom is -0.373 e. The largest absolute Gasteiger partial charge is 0.373 e. The normalized spacial score (nSPS) is 19.9. The fourth-order valence-electron chi connectivity index (χ4n) is 3.66. The van der Waals surface area contributed by atoms with Crippen LogP contribution in [0.4, 0.5) is 0 Å².